The van der Waals surface area contributed by atoms with Gasteiger partial charge in [0.25, 0.3) is 0 Å². The Balaban J connectivity index is 1.81. The van der Waals surface area contributed by atoms with Gasteiger partial charge < -0.3 is 15.5 Å². The third-order valence-corrected chi connectivity index (χ3v) is 3.90. The summed E-state index contributed by atoms with van der Waals surface area (Å²) in [6.45, 7) is 2.95. The molecule has 3 aromatic rings. The summed E-state index contributed by atoms with van der Waals surface area (Å²) < 4.78 is 5.97. The highest BCUT2D eigenvalue weighted by molar-refractivity contribution is 5.83. The van der Waals surface area contributed by atoms with E-state index in [0.717, 1.165) is 46.9 Å². The number of hydrogen-bond donors (Lipinski definition) is 2. The number of fused-ring (bicyclic) bond motifs is 1. The molecular formula is C19H23N3O. The number of ether oxygens (including phenoxy) is 1. The number of aromatic nitrogens is 2. The molecule has 0 fully saturated rings. The van der Waals surface area contributed by atoms with Crippen molar-refractivity contribution in [3.8, 4) is 17.1 Å². The number of benzene rings is 2. The Morgan fingerprint density at radius 3 is 2.83 bits per heavy atom. The number of para-hydroxylation sites is 1. The standard InChI is InChI=1S/C19H23N3O/c1-2-3-4-7-12-23-18-9-6-5-8-15(18)19-21-16-11-10-14(20)13-17(16)22-19/h5-6,8-11,13H,2-4,7,12,20H2,1H3,(H,21,22). The number of aromatic amines is 1. The van der Waals surface area contributed by atoms with Crippen LogP contribution in [0.2, 0.25) is 0 Å². The SMILES string of the molecule is CCCCCCOc1ccccc1-c1nc2ccc(N)cc2[nH]1. The lowest BCUT2D eigenvalue weighted by atomic mass is 10.2. The molecule has 120 valence electrons. The van der Waals surface area contributed by atoms with Crippen LogP contribution in [0.3, 0.4) is 0 Å². The van der Waals surface area contributed by atoms with E-state index in [0.29, 0.717) is 0 Å². The van der Waals surface area contributed by atoms with Crippen LogP contribution in [0.4, 0.5) is 5.69 Å². The van der Waals surface area contributed by atoms with E-state index in [9.17, 15) is 0 Å². The molecule has 0 aliphatic rings. The van der Waals surface area contributed by atoms with E-state index in [-0.39, 0.29) is 0 Å². The topological polar surface area (TPSA) is 63.9 Å². The summed E-state index contributed by atoms with van der Waals surface area (Å²) in [5.41, 5.74) is 9.40. The molecule has 0 spiro atoms. The first-order valence-corrected chi connectivity index (χ1v) is 8.25. The molecule has 1 aromatic heterocycles. The van der Waals surface area contributed by atoms with Gasteiger partial charge >= 0.3 is 0 Å². The maximum atomic E-state index is 5.97. The second-order valence-corrected chi connectivity index (χ2v) is 5.77. The van der Waals surface area contributed by atoms with Crippen molar-refractivity contribution in [2.24, 2.45) is 0 Å². The molecule has 0 saturated carbocycles. The van der Waals surface area contributed by atoms with Gasteiger partial charge in [-0.1, -0.05) is 38.3 Å². The molecule has 23 heavy (non-hydrogen) atoms. The van der Waals surface area contributed by atoms with E-state index < -0.39 is 0 Å². The number of rotatable bonds is 7. The van der Waals surface area contributed by atoms with Crippen molar-refractivity contribution in [3.63, 3.8) is 0 Å². The third-order valence-electron chi connectivity index (χ3n) is 3.90. The molecular weight excluding hydrogens is 286 g/mol. The summed E-state index contributed by atoms with van der Waals surface area (Å²) >= 11 is 0. The van der Waals surface area contributed by atoms with Crippen LogP contribution >= 0.6 is 0 Å². The van der Waals surface area contributed by atoms with Gasteiger partial charge in [-0.3, -0.25) is 0 Å². The summed E-state index contributed by atoms with van der Waals surface area (Å²) in [5.74, 6) is 1.69. The van der Waals surface area contributed by atoms with Gasteiger partial charge in [-0.2, -0.15) is 0 Å². The zero-order valence-corrected chi connectivity index (χ0v) is 13.5. The number of imidazole rings is 1. The maximum Gasteiger partial charge on any atom is 0.142 e. The summed E-state index contributed by atoms with van der Waals surface area (Å²) in [4.78, 5) is 7.98. The first kappa shape index (κ1) is 15.4. The van der Waals surface area contributed by atoms with Crippen molar-refractivity contribution in [2.75, 3.05) is 12.3 Å². The minimum absolute atomic E-state index is 0.730. The normalized spacial score (nSPS) is 11.0. The van der Waals surface area contributed by atoms with Gasteiger partial charge in [-0.15, -0.1) is 0 Å². The smallest absolute Gasteiger partial charge is 0.142 e. The number of unbranched alkanes of at least 4 members (excludes halogenated alkanes) is 3. The largest absolute Gasteiger partial charge is 0.493 e. The molecule has 0 unspecified atom stereocenters. The summed E-state index contributed by atoms with van der Waals surface area (Å²) in [6.07, 6.45) is 4.79. The zero-order valence-electron chi connectivity index (χ0n) is 13.5. The number of nitrogens with one attached hydrogen (secondary N) is 1. The van der Waals surface area contributed by atoms with Gasteiger partial charge in [-0.05, 0) is 36.8 Å². The molecule has 4 heteroatoms. The third kappa shape index (κ3) is 3.65. The lowest BCUT2D eigenvalue weighted by molar-refractivity contribution is 0.306. The maximum absolute atomic E-state index is 5.97. The fourth-order valence-electron chi connectivity index (χ4n) is 2.65. The zero-order chi connectivity index (χ0) is 16.1. The molecule has 0 atom stereocenters. The van der Waals surface area contributed by atoms with Crippen molar-refractivity contribution in [3.05, 3.63) is 42.5 Å². The molecule has 3 N–H and O–H groups in total. The van der Waals surface area contributed by atoms with E-state index >= 15 is 0 Å². The highest BCUT2D eigenvalue weighted by Crippen LogP contribution is 2.30. The second-order valence-electron chi connectivity index (χ2n) is 5.77. The van der Waals surface area contributed by atoms with Gasteiger partial charge in [0.05, 0.1) is 23.2 Å². The number of anilines is 1. The molecule has 0 aliphatic heterocycles. The first-order chi connectivity index (χ1) is 11.3. The van der Waals surface area contributed by atoms with Crippen LogP contribution in [0.15, 0.2) is 42.5 Å². The van der Waals surface area contributed by atoms with E-state index in [4.69, 9.17) is 10.5 Å². The molecule has 0 amide bonds. The van der Waals surface area contributed by atoms with Crippen LogP contribution in [0, 0.1) is 0 Å². The highest BCUT2D eigenvalue weighted by atomic mass is 16.5. The Morgan fingerprint density at radius 2 is 1.96 bits per heavy atom. The van der Waals surface area contributed by atoms with Gasteiger partial charge in [0.2, 0.25) is 0 Å². The highest BCUT2D eigenvalue weighted by Gasteiger charge is 2.10. The Hall–Kier alpha value is -2.49. The number of hydrogen-bond acceptors (Lipinski definition) is 3. The molecule has 4 nitrogen and oxygen atoms in total. The lowest BCUT2D eigenvalue weighted by Crippen LogP contribution is -1.99. The fourth-order valence-corrected chi connectivity index (χ4v) is 2.65. The van der Waals surface area contributed by atoms with E-state index in [2.05, 4.69) is 16.9 Å². The minimum atomic E-state index is 0.730. The number of nitrogen functional groups attached to an aromatic ring is 1. The number of H-pyrrole nitrogens is 1. The van der Waals surface area contributed by atoms with E-state index in [1.54, 1.807) is 0 Å². The average molecular weight is 309 g/mol. The van der Waals surface area contributed by atoms with Crippen LogP contribution in [0.1, 0.15) is 32.6 Å². The van der Waals surface area contributed by atoms with Crippen LogP contribution in [-0.4, -0.2) is 16.6 Å². The molecule has 0 aliphatic carbocycles. The second kappa shape index (κ2) is 7.18. The Labute approximate surface area is 136 Å². The van der Waals surface area contributed by atoms with Crippen molar-refractivity contribution in [2.45, 2.75) is 32.6 Å². The molecule has 0 bridgehead atoms. The van der Waals surface area contributed by atoms with Gasteiger partial charge in [-0.25, -0.2) is 4.98 Å². The lowest BCUT2D eigenvalue weighted by Gasteiger charge is -2.09. The predicted molar refractivity (Wildman–Crippen MR) is 95.6 cm³/mol. The van der Waals surface area contributed by atoms with E-state index in [1.165, 1.54) is 19.3 Å². The molecule has 0 radical (unpaired) electrons. The minimum Gasteiger partial charge on any atom is -0.493 e. The Bertz CT molecular complexity index is 779. The Kier molecular flexibility index (Phi) is 4.81. The van der Waals surface area contributed by atoms with Crippen molar-refractivity contribution in [1.82, 2.24) is 9.97 Å². The molecule has 2 aromatic carbocycles. The van der Waals surface area contributed by atoms with Crippen molar-refractivity contribution in [1.29, 1.82) is 0 Å². The van der Waals surface area contributed by atoms with Gasteiger partial charge in [0.15, 0.2) is 0 Å². The molecule has 3 rings (SSSR count). The quantitative estimate of drug-likeness (QED) is 0.488. The van der Waals surface area contributed by atoms with Crippen molar-refractivity contribution < 1.29 is 4.74 Å². The van der Waals surface area contributed by atoms with Crippen molar-refractivity contribution >= 4 is 16.7 Å². The summed E-state index contributed by atoms with van der Waals surface area (Å²) in [7, 11) is 0. The summed E-state index contributed by atoms with van der Waals surface area (Å²) in [5, 5.41) is 0. The Morgan fingerprint density at radius 1 is 1.09 bits per heavy atom. The number of nitrogens with two attached hydrogens (primary N) is 1. The first-order valence-electron chi connectivity index (χ1n) is 8.25. The van der Waals surface area contributed by atoms with E-state index in [1.807, 2.05) is 42.5 Å². The monoisotopic (exact) mass is 309 g/mol. The predicted octanol–water partition coefficient (Wildman–Crippen LogP) is 4.77. The molecule has 1 heterocycles. The number of nitrogens with zero attached hydrogens (tertiary/aromatic N) is 1. The molecule has 0 saturated heterocycles. The summed E-state index contributed by atoms with van der Waals surface area (Å²) in [6, 6.07) is 13.7. The van der Waals surface area contributed by atoms with Crippen LogP contribution in [-0.2, 0) is 0 Å². The fraction of sp³-hybridized carbons (Fsp3) is 0.316. The van der Waals surface area contributed by atoms with Crippen LogP contribution in [0.5, 0.6) is 5.75 Å². The van der Waals surface area contributed by atoms with Crippen LogP contribution < -0.4 is 10.5 Å². The average Bonchev–Trinajstić information content (AvgIpc) is 2.98. The van der Waals surface area contributed by atoms with Gasteiger partial charge in [0.1, 0.15) is 11.6 Å². The van der Waals surface area contributed by atoms with Crippen LogP contribution in [0.25, 0.3) is 22.4 Å². The van der Waals surface area contributed by atoms with Gasteiger partial charge in [0, 0.05) is 5.69 Å².